The molecule has 0 amide bonds. The van der Waals surface area contributed by atoms with E-state index in [1.807, 2.05) is 24.3 Å². The minimum atomic E-state index is 0.344. The van der Waals surface area contributed by atoms with Crippen molar-refractivity contribution in [3.63, 3.8) is 0 Å². The second-order valence-corrected chi connectivity index (χ2v) is 6.73. The number of rotatable bonds is 14. The highest BCUT2D eigenvalue weighted by Gasteiger charge is 2.04. The molecule has 0 saturated heterocycles. The average Bonchev–Trinajstić information content (AvgIpc) is 2.72. The molecule has 0 aliphatic heterocycles. The zero-order valence-corrected chi connectivity index (χ0v) is 16.6. The Morgan fingerprint density at radius 3 is 1.46 bits per heavy atom. The van der Waals surface area contributed by atoms with E-state index in [0.717, 1.165) is 37.2 Å². The molecule has 0 heterocycles. The van der Waals surface area contributed by atoms with E-state index in [-0.39, 0.29) is 0 Å². The Morgan fingerprint density at radius 1 is 0.714 bits per heavy atom. The van der Waals surface area contributed by atoms with Gasteiger partial charge < -0.3 is 9.47 Å². The van der Waals surface area contributed by atoms with Crippen LogP contribution < -0.4 is 9.47 Å². The molecule has 0 saturated carbocycles. The first-order valence-electron chi connectivity index (χ1n) is 9.88. The van der Waals surface area contributed by atoms with Crippen molar-refractivity contribution in [3.8, 4) is 11.5 Å². The van der Waals surface area contributed by atoms with E-state index < -0.39 is 0 Å². The highest BCUT2D eigenvalue weighted by Crippen LogP contribution is 2.16. The van der Waals surface area contributed by atoms with Crippen LogP contribution in [0.3, 0.4) is 0 Å². The first kappa shape index (κ1) is 21.5. The van der Waals surface area contributed by atoms with Crippen LogP contribution in [-0.4, -0.2) is 19.0 Å². The number of hydrogen-bond acceptors (Lipinski definition) is 3. The Bertz CT molecular complexity index is 666. The van der Waals surface area contributed by atoms with Crippen LogP contribution in [0.15, 0.2) is 73.8 Å². The maximum atomic E-state index is 12.1. The van der Waals surface area contributed by atoms with Gasteiger partial charge in [0, 0.05) is 12.8 Å². The molecule has 2 aromatic carbocycles. The smallest absolute Gasteiger partial charge is 0.132 e. The highest BCUT2D eigenvalue weighted by atomic mass is 16.5. The van der Waals surface area contributed by atoms with Gasteiger partial charge in [0.1, 0.15) is 30.5 Å². The molecule has 0 radical (unpaired) electrons. The van der Waals surface area contributed by atoms with Crippen molar-refractivity contribution in [1.29, 1.82) is 0 Å². The molecule has 28 heavy (non-hydrogen) atoms. The third-order valence-corrected chi connectivity index (χ3v) is 4.42. The number of Topliss-reactive ketones (excluding diaryl/α,β-unsaturated/α-hetero) is 1. The lowest BCUT2D eigenvalue weighted by molar-refractivity contribution is -0.119. The molecule has 148 valence electrons. The van der Waals surface area contributed by atoms with Gasteiger partial charge in [-0.05, 0) is 61.1 Å². The van der Waals surface area contributed by atoms with Crippen LogP contribution in [0.25, 0.3) is 0 Å². The molecule has 0 spiro atoms. The fraction of sp³-hybridized carbons (Fsp3) is 0.320. The Morgan fingerprint density at radius 2 is 1.11 bits per heavy atom. The molecule has 3 heteroatoms. The molecule has 2 aromatic rings. The fourth-order valence-electron chi connectivity index (χ4n) is 2.92. The zero-order chi connectivity index (χ0) is 20.0. The van der Waals surface area contributed by atoms with Crippen molar-refractivity contribution < 1.29 is 14.3 Å². The molecule has 2 rings (SSSR count). The Hall–Kier alpha value is -2.81. The molecule has 0 aliphatic carbocycles. The van der Waals surface area contributed by atoms with Gasteiger partial charge in [-0.3, -0.25) is 4.79 Å². The van der Waals surface area contributed by atoms with Crippen LogP contribution in [0, 0.1) is 0 Å². The molecule has 0 bridgehead atoms. The van der Waals surface area contributed by atoms with E-state index in [1.165, 1.54) is 11.1 Å². The summed E-state index contributed by atoms with van der Waals surface area (Å²) in [5.74, 6) is 2.04. The lowest BCUT2D eigenvalue weighted by atomic mass is 10.0. The average molecular weight is 379 g/mol. The van der Waals surface area contributed by atoms with E-state index in [4.69, 9.17) is 9.47 Å². The van der Waals surface area contributed by atoms with Gasteiger partial charge in [-0.1, -0.05) is 49.6 Å². The maximum absolute atomic E-state index is 12.1. The number of benzene rings is 2. The summed E-state index contributed by atoms with van der Waals surface area (Å²) in [7, 11) is 0. The highest BCUT2D eigenvalue weighted by molar-refractivity contribution is 5.78. The summed E-state index contributed by atoms with van der Waals surface area (Å²) < 4.78 is 10.9. The molecule has 0 fully saturated rings. The SMILES string of the molecule is C=CCOc1ccc(CCCC(=O)CCCc2ccc(OCC=C)cc2)cc1. The summed E-state index contributed by atoms with van der Waals surface area (Å²) in [5.41, 5.74) is 2.47. The number of carbonyl (C=O) groups is 1. The Balaban J connectivity index is 1.60. The topological polar surface area (TPSA) is 35.5 Å². The maximum Gasteiger partial charge on any atom is 0.132 e. The van der Waals surface area contributed by atoms with Gasteiger partial charge in [-0.2, -0.15) is 0 Å². The lowest BCUT2D eigenvalue weighted by Gasteiger charge is -2.06. The molecular formula is C25H30O3. The van der Waals surface area contributed by atoms with Crippen LogP contribution in [-0.2, 0) is 17.6 Å². The van der Waals surface area contributed by atoms with E-state index in [9.17, 15) is 4.79 Å². The van der Waals surface area contributed by atoms with Gasteiger partial charge in [0.2, 0.25) is 0 Å². The van der Waals surface area contributed by atoms with E-state index >= 15 is 0 Å². The van der Waals surface area contributed by atoms with Crippen molar-refractivity contribution in [2.24, 2.45) is 0 Å². The fourth-order valence-corrected chi connectivity index (χ4v) is 2.92. The van der Waals surface area contributed by atoms with Crippen molar-refractivity contribution in [3.05, 3.63) is 85.0 Å². The van der Waals surface area contributed by atoms with Crippen LogP contribution in [0.2, 0.25) is 0 Å². The Kier molecular flexibility index (Phi) is 9.64. The number of ketones is 1. The molecule has 0 aliphatic rings. The molecule has 0 aromatic heterocycles. The molecule has 0 N–H and O–H groups in total. The summed E-state index contributed by atoms with van der Waals surface area (Å²) in [4.78, 5) is 12.1. The van der Waals surface area contributed by atoms with Crippen LogP contribution in [0.5, 0.6) is 11.5 Å². The first-order chi connectivity index (χ1) is 13.7. The third kappa shape index (κ3) is 8.26. The lowest BCUT2D eigenvalue weighted by Crippen LogP contribution is -2.00. The summed E-state index contributed by atoms with van der Waals surface area (Å²) in [5, 5.41) is 0. The monoisotopic (exact) mass is 378 g/mol. The van der Waals surface area contributed by atoms with Crippen LogP contribution >= 0.6 is 0 Å². The summed E-state index contributed by atoms with van der Waals surface area (Å²) in [6.07, 6.45) is 8.36. The third-order valence-electron chi connectivity index (χ3n) is 4.42. The Labute approximate surface area is 168 Å². The van der Waals surface area contributed by atoms with Gasteiger partial charge in [0.25, 0.3) is 0 Å². The van der Waals surface area contributed by atoms with Crippen molar-refractivity contribution in [2.45, 2.75) is 38.5 Å². The second-order valence-electron chi connectivity index (χ2n) is 6.73. The standard InChI is InChI=1S/C25H30O3/c1-3-19-27-24-15-11-21(12-16-24)7-5-9-23(26)10-6-8-22-13-17-25(18-14-22)28-20-4-2/h3-4,11-18H,1-2,5-10,19-20H2. The normalized spacial score (nSPS) is 10.3. The first-order valence-corrected chi connectivity index (χ1v) is 9.88. The van der Waals surface area contributed by atoms with Gasteiger partial charge in [0.15, 0.2) is 0 Å². The van der Waals surface area contributed by atoms with Crippen molar-refractivity contribution in [1.82, 2.24) is 0 Å². The number of aryl methyl sites for hydroxylation is 2. The van der Waals surface area contributed by atoms with Crippen LogP contribution in [0.4, 0.5) is 0 Å². The minimum Gasteiger partial charge on any atom is -0.490 e. The van der Waals surface area contributed by atoms with Gasteiger partial charge in [-0.15, -0.1) is 0 Å². The van der Waals surface area contributed by atoms with E-state index in [0.29, 0.717) is 31.8 Å². The van der Waals surface area contributed by atoms with Crippen molar-refractivity contribution in [2.75, 3.05) is 13.2 Å². The summed E-state index contributed by atoms with van der Waals surface area (Å²) in [6, 6.07) is 16.1. The predicted molar refractivity (Wildman–Crippen MR) is 115 cm³/mol. The quantitative estimate of drug-likeness (QED) is 0.394. The number of ether oxygens (including phenoxy) is 2. The van der Waals surface area contributed by atoms with Crippen molar-refractivity contribution >= 4 is 5.78 Å². The van der Waals surface area contributed by atoms with Gasteiger partial charge >= 0.3 is 0 Å². The number of hydrogen-bond donors (Lipinski definition) is 0. The predicted octanol–water partition coefficient (Wildman–Crippen LogP) is 5.73. The van der Waals surface area contributed by atoms with Crippen LogP contribution in [0.1, 0.15) is 36.8 Å². The summed E-state index contributed by atoms with van der Waals surface area (Å²) in [6.45, 7) is 8.30. The molecule has 0 unspecified atom stereocenters. The van der Waals surface area contributed by atoms with E-state index in [2.05, 4.69) is 37.4 Å². The molecule has 0 atom stereocenters. The molecule has 3 nitrogen and oxygen atoms in total. The second kappa shape index (κ2) is 12.6. The summed E-state index contributed by atoms with van der Waals surface area (Å²) >= 11 is 0. The molecular weight excluding hydrogens is 348 g/mol. The van der Waals surface area contributed by atoms with Gasteiger partial charge in [0.05, 0.1) is 0 Å². The minimum absolute atomic E-state index is 0.344. The largest absolute Gasteiger partial charge is 0.490 e. The zero-order valence-electron chi connectivity index (χ0n) is 16.6. The van der Waals surface area contributed by atoms with E-state index in [1.54, 1.807) is 12.2 Å². The number of carbonyl (C=O) groups excluding carboxylic acids is 1. The van der Waals surface area contributed by atoms with Gasteiger partial charge in [-0.25, -0.2) is 0 Å².